The molecule has 0 saturated heterocycles. The van der Waals surface area contributed by atoms with Crippen molar-refractivity contribution in [3.63, 3.8) is 0 Å². The van der Waals surface area contributed by atoms with Gasteiger partial charge in [-0.3, -0.25) is 4.99 Å². The lowest BCUT2D eigenvalue weighted by molar-refractivity contribution is 0.613. The number of benzene rings is 4. The molecule has 1 heterocycles. The summed E-state index contributed by atoms with van der Waals surface area (Å²) < 4.78 is 6.37. The van der Waals surface area contributed by atoms with E-state index in [1.165, 1.54) is 10.8 Å². The lowest BCUT2D eigenvalue weighted by atomic mass is 9.99. The van der Waals surface area contributed by atoms with Gasteiger partial charge in [-0.1, -0.05) is 24.3 Å². The quantitative estimate of drug-likeness (QED) is 0.132. The Kier molecular flexibility index (Phi) is 6.54. The van der Waals surface area contributed by atoms with Crippen LogP contribution in [0.5, 0.6) is 0 Å². The van der Waals surface area contributed by atoms with Crippen molar-refractivity contribution in [3.05, 3.63) is 65.5 Å². The third-order valence-corrected chi connectivity index (χ3v) is 5.88. The van der Waals surface area contributed by atoms with Gasteiger partial charge in [0.05, 0.1) is 5.36 Å². The third-order valence-electron chi connectivity index (χ3n) is 5.62. The Bertz CT molecular complexity index is 1460. The molecule has 4 nitrogen and oxygen atoms in total. The van der Waals surface area contributed by atoms with Gasteiger partial charge in [0.2, 0.25) is 0 Å². The fourth-order valence-electron chi connectivity index (χ4n) is 4.10. The summed E-state index contributed by atoms with van der Waals surface area (Å²) in [5, 5.41) is 8.82. The van der Waals surface area contributed by atoms with Crippen LogP contribution in [-0.2, 0) is 0 Å². The Morgan fingerprint density at radius 1 is 1.03 bits per heavy atom. The highest BCUT2D eigenvalue weighted by molar-refractivity contribution is 6.17. The van der Waals surface area contributed by atoms with Crippen molar-refractivity contribution in [1.82, 2.24) is 4.98 Å². The summed E-state index contributed by atoms with van der Waals surface area (Å²) in [4.78, 5) is 9.87. The molecular formula is C26H25Cl2N3O. The Labute approximate surface area is 198 Å². The van der Waals surface area contributed by atoms with E-state index in [9.17, 15) is 0 Å². The van der Waals surface area contributed by atoms with Gasteiger partial charge in [-0.25, -0.2) is 4.98 Å². The highest BCUT2D eigenvalue weighted by Crippen LogP contribution is 2.34. The zero-order chi connectivity index (χ0) is 21.4. The van der Waals surface area contributed by atoms with Crippen molar-refractivity contribution in [2.24, 2.45) is 4.99 Å². The number of hydrogen-bond donors (Lipinski definition) is 1. The molecule has 0 aromatic heterocycles. The molecule has 3 aromatic rings. The summed E-state index contributed by atoms with van der Waals surface area (Å²) in [6.45, 7) is 5.72. The van der Waals surface area contributed by atoms with E-state index in [2.05, 4.69) is 61.6 Å². The van der Waals surface area contributed by atoms with Crippen LogP contribution in [0, 0.1) is 6.92 Å². The van der Waals surface area contributed by atoms with Crippen LogP contribution in [0.15, 0.2) is 64.0 Å². The number of nitrogens with zero attached hydrogens (tertiary/aromatic N) is 2. The predicted octanol–water partition coefficient (Wildman–Crippen LogP) is 6.93. The van der Waals surface area contributed by atoms with Crippen molar-refractivity contribution >= 4 is 62.3 Å². The summed E-state index contributed by atoms with van der Waals surface area (Å²) in [5.41, 5.74) is 4.70. The van der Waals surface area contributed by atoms with Crippen LogP contribution in [0.2, 0.25) is 0 Å². The van der Waals surface area contributed by atoms with Gasteiger partial charge in [0, 0.05) is 47.6 Å². The smallest absolute Gasteiger partial charge is 0.155 e. The van der Waals surface area contributed by atoms with Crippen LogP contribution in [0.1, 0.15) is 18.9 Å². The van der Waals surface area contributed by atoms with Gasteiger partial charge >= 0.3 is 0 Å². The van der Waals surface area contributed by atoms with E-state index in [1.54, 1.807) is 0 Å². The molecule has 32 heavy (non-hydrogen) atoms. The van der Waals surface area contributed by atoms with Crippen LogP contribution in [0.4, 0.5) is 5.69 Å². The minimum Gasteiger partial charge on any atom is -0.453 e. The first kappa shape index (κ1) is 22.4. The van der Waals surface area contributed by atoms with E-state index in [0.29, 0.717) is 12.4 Å². The summed E-state index contributed by atoms with van der Waals surface area (Å²) in [5.74, 6) is 1.34. The number of anilines is 1. The van der Waals surface area contributed by atoms with Gasteiger partial charge in [-0.15, -0.1) is 24.0 Å². The minimum atomic E-state index is 0. The number of rotatable bonds is 5. The lowest BCUT2D eigenvalue weighted by Gasteiger charge is -2.14. The van der Waals surface area contributed by atoms with E-state index in [1.807, 2.05) is 12.1 Å². The van der Waals surface area contributed by atoms with Gasteiger partial charge in [0.15, 0.2) is 11.3 Å². The maximum absolute atomic E-state index is 6.37. The van der Waals surface area contributed by atoms with Crippen molar-refractivity contribution in [2.45, 2.75) is 20.3 Å². The number of nitrogens with one attached hydrogen (secondary N) is 1. The van der Waals surface area contributed by atoms with E-state index < -0.39 is 0 Å². The summed E-state index contributed by atoms with van der Waals surface area (Å²) in [6, 6.07) is 18.9. The molecule has 2 aliphatic rings. The zero-order valence-electron chi connectivity index (χ0n) is 18.1. The minimum absolute atomic E-state index is 0. The number of halogens is 2. The molecule has 0 atom stereocenters. The molecule has 1 aliphatic heterocycles. The Morgan fingerprint density at radius 2 is 1.78 bits per heavy atom. The molecule has 0 radical (unpaired) electrons. The number of hydrogen-bond acceptors (Lipinski definition) is 4. The molecule has 3 aromatic carbocycles. The van der Waals surface area contributed by atoms with Crippen molar-refractivity contribution < 1.29 is 4.42 Å². The maximum atomic E-state index is 6.37. The van der Waals surface area contributed by atoms with E-state index in [4.69, 9.17) is 26.0 Å². The maximum Gasteiger partial charge on any atom is 0.155 e. The molecule has 0 saturated carbocycles. The average molecular weight is 466 g/mol. The molecule has 0 bridgehead atoms. The topological polar surface area (TPSA) is 50.4 Å². The second kappa shape index (κ2) is 9.35. The van der Waals surface area contributed by atoms with Gasteiger partial charge < -0.3 is 9.73 Å². The average Bonchev–Trinajstić information content (AvgIpc) is 2.78. The molecule has 1 N–H and O–H groups in total. The molecule has 0 spiro atoms. The van der Waals surface area contributed by atoms with Crippen molar-refractivity contribution in [3.8, 4) is 11.5 Å². The largest absolute Gasteiger partial charge is 0.453 e. The first-order valence-electron chi connectivity index (χ1n) is 10.7. The second-order valence-electron chi connectivity index (χ2n) is 7.79. The van der Waals surface area contributed by atoms with E-state index in [-0.39, 0.29) is 12.4 Å². The molecule has 0 unspecified atom stereocenters. The van der Waals surface area contributed by atoms with E-state index >= 15 is 0 Å². The van der Waals surface area contributed by atoms with Crippen LogP contribution in [0.3, 0.4) is 0 Å². The molecule has 1 aliphatic carbocycles. The predicted molar refractivity (Wildman–Crippen MR) is 138 cm³/mol. The Morgan fingerprint density at radius 3 is 2.50 bits per heavy atom. The Hall–Kier alpha value is -2.82. The highest BCUT2D eigenvalue weighted by atomic mass is 35.5. The van der Waals surface area contributed by atoms with Crippen LogP contribution >= 0.6 is 24.0 Å². The lowest BCUT2D eigenvalue weighted by Crippen LogP contribution is -2.08. The zero-order valence-corrected chi connectivity index (χ0v) is 19.7. The summed E-state index contributed by atoms with van der Waals surface area (Å²) in [7, 11) is 0. The molecule has 164 valence electrons. The molecule has 0 fully saturated rings. The fourth-order valence-corrected chi connectivity index (χ4v) is 4.22. The SMILES string of the molecule is CCNc1cc2oc3cc(=NCCCCl)c4cc5ccccc5cc4c-3nc2cc1C.Cl. The highest BCUT2D eigenvalue weighted by Gasteiger charge is 2.16. The van der Waals surface area contributed by atoms with Gasteiger partial charge in [0.25, 0.3) is 0 Å². The number of aryl methyl sites for hydroxylation is 1. The van der Waals surface area contributed by atoms with Gasteiger partial charge in [-0.2, -0.15) is 0 Å². The number of aromatic nitrogens is 1. The van der Waals surface area contributed by atoms with Crippen LogP contribution < -0.4 is 10.7 Å². The van der Waals surface area contributed by atoms with Gasteiger partial charge in [-0.05, 0) is 54.8 Å². The Balaban J connectivity index is 0.00000245. The fraction of sp³-hybridized carbons (Fsp3) is 0.231. The summed E-state index contributed by atoms with van der Waals surface area (Å²) >= 11 is 5.88. The van der Waals surface area contributed by atoms with Crippen molar-refractivity contribution in [1.29, 1.82) is 0 Å². The van der Waals surface area contributed by atoms with Gasteiger partial charge in [0.1, 0.15) is 11.2 Å². The summed E-state index contributed by atoms with van der Waals surface area (Å²) in [6.07, 6.45) is 0.840. The van der Waals surface area contributed by atoms with E-state index in [0.717, 1.165) is 62.9 Å². The third kappa shape index (κ3) is 4.01. The first-order chi connectivity index (χ1) is 15.2. The van der Waals surface area contributed by atoms with Crippen LogP contribution in [-0.4, -0.2) is 24.0 Å². The number of alkyl halides is 1. The molecule has 6 heteroatoms. The number of fused-ring (bicyclic) bond motifs is 5. The van der Waals surface area contributed by atoms with Crippen molar-refractivity contribution in [2.75, 3.05) is 24.3 Å². The first-order valence-corrected chi connectivity index (χ1v) is 11.2. The monoisotopic (exact) mass is 465 g/mol. The molecule has 0 amide bonds. The second-order valence-corrected chi connectivity index (χ2v) is 8.17. The standard InChI is InChI=1S/C26H24ClN3O.ClH/c1-3-28-21-14-24-23(11-16(21)2)30-26-20-13-18-8-5-4-7-17(18)12-19(20)22(15-25(26)31-24)29-10-6-9-27;/h4-5,7-8,11-15,28H,3,6,9-10H2,1-2H3;1H. The normalized spacial score (nSPS) is 12.0. The molecule has 5 rings (SSSR count). The molecular weight excluding hydrogens is 441 g/mol. The van der Waals surface area contributed by atoms with Crippen LogP contribution in [0.25, 0.3) is 44.1 Å².